The second-order valence-electron chi connectivity index (χ2n) is 3.91. The number of pyridine rings is 1. The van der Waals surface area contributed by atoms with E-state index in [1.54, 1.807) is 13.2 Å². The van der Waals surface area contributed by atoms with Gasteiger partial charge in [-0.1, -0.05) is 18.2 Å². The third-order valence-corrected chi connectivity index (χ3v) is 2.78. The number of nitrogens with zero attached hydrogens (tertiary/aromatic N) is 2. The number of hydrogen-bond donors (Lipinski definition) is 1. The van der Waals surface area contributed by atoms with Crippen LogP contribution >= 0.6 is 0 Å². The van der Waals surface area contributed by atoms with E-state index in [0.717, 1.165) is 12.1 Å². The minimum Gasteiger partial charge on any atom is -0.375 e. The number of ether oxygens (including phenoxy) is 1. The van der Waals surface area contributed by atoms with Gasteiger partial charge in [0.2, 0.25) is 0 Å². The number of rotatable bonds is 3. The van der Waals surface area contributed by atoms with Crippen LogP contribution in [0.15, 0.2) is 30.4 Å². The predicted molar refractivity (Wildman–Crippen MR) is 61.6 cm³/mol. The number of aromatic nitrogens is 1. The summed E-state index contributed by atoms with van der Waals surface area (Å²) in [6.07, 6.45) is 4.67. The van der Waals surface area contributed by atoms with Crippen LogP contribution < -0.4 is 5.06 Å². The molecule has 1 aliphatic rings. The van der Waals surface area contributed by atoms with Gasteiger partial charge in [-0.15, -0.1) is 0 Å². The average molecular weight is 220 g/mol. The summed E-state index contributed by atoms with van der Waals surface area (Å²) >= 11 is 0. The molecule has 0 saturated carbocycles. The maximum absolute atomic E-state index is 10.1. The molecule has 16 heavy (non-hydrogen) atoms. The molecule has 0 unspecified atom stereocenters. The van der Waals surface area contributed by atoms with Gasteiger partial charge in [0.15, 0.2) is 5.82 Å². The molecule has 2 rings (SSSR count). The van der Waals surface area contributed by atoms with Crippen LogP contribution in [0.4, 0.5) is 5.82 Å². The first-order valence-corrected chi connectivity index (χ1v) is 5.33. The van der Waals surface area contributed by atoms with Crippen molar-refractivity contribution in [3.63, 3.8) is 0 Å². The summed E-state index contributed by atoms with van der Waals surface area (Å²) in [4.78, 5) is 4.28. The van der Waals surface area contributed by atoms with E-state index in [1.807, 2.05) is 31.2 Å². The van der Waals surface area contributed by atoms with Gasteiger partial charge >= 0.3 is 0 Å². The van der Waals surface area contributed by atoms with E-state index in [1.165, 1.54) is 5.06 Å². The molecule has 2 atom stereocenters. The molecule has 0 saturated heterocycles. The molecule has 1 aromatic rings. The highest BCUT2D eigenvalue weighted by Gasteiger charge is 2.28. The quantitative estimate of drug-likeness (QED) is 0.624. The maximum Gasteiger partial charge on any atom is 0.152 e. The maximum atomic E-state index is 10.1. The minimum atomic E-state index is -0.0840. The third kappa shape index (κ3) is 2.08. The Labute approximate surface area is 95.1 Å². The fraction of sp³-hybridized carbons (Fsp3) is 0.417. The summed E-state index contributed by atoms with van der Waals surface area (Å²) in [7, 11) is 1.64. The summed E-state index contributed by atoms with van der Waals surface area (Å²) in [6, 6.07) is 5.49. The van der Waals surface area contributed by atoms with Crippen molar-refractivity contribution in [2.75, 3.05) is 12.2 Å². The van der Waals surface area contributed by atoms with Crippen molar-refractivity contribution in [1.82, 2.24) is 4.98 Å². The number of methoxy groups -OCH3 is 1. The van der Waals surface area contributed by atoms with E-state index in [2.05, 4.69) is 4.98 Å². The Morgan fingerprint density at radius 3 is 3.00 bits per heavy atom. The van der Waals surface area contributed by atoms with Crippen molar-refractivity contribution >= 4 is 5.82 Å². The summed E-state index contributed by atoms with van der Waals surface area (Å²) in [5, 5.41) is 11.3. The SMILES string of the molecule is CO[C@@H]1C=CC[C@H]1N(O)c1cccc(C)n1. The van der Waals surface area contributed by atoms with Gasteiger partial charge in [0.05, 0.1) is 12.1 Å². The smallest absolute Gasteiger partial charge is 0.152 e. The highest BCUT2D eigenvalue weighted by atomic mass is 16.5. The van der Waals surface area contributed by atoms with Crippen LogP contribution in [0.2, 0.25) is 0 Å². The van der Waals surface area contributed by atoms with Crippen molar-refractivity contribution in [2.24, 2.45) is 0 Å². The first-order chi connectivity index (χ1) is 7.72. The van der Waals surface area contributed by atoms with Gasteiger partial charge in [-0.2, -0.15) is 0 Å². The lowest BCUT2D eigenvalue weighted by molar-refractivity contribution is 0.0840. The van der Waals surface area contributed by atoms with Crippen LogP contribution in [-0.4, -0.2) is 29.4 Å². The summed E-state index contributed by atoms with van der Waals surface area (Å²) in [5.74, 6) is 0.566. The Hall–Kier alpha value is -1.39. The molecular weight excluding hydrogens is 204 g/mol. The molecule has 86 valence electrons. The van der Waals surface area contributed by atoms with Crippen molar-refractivity contribution in [3.05, 3.63) is 36.0 Å². The van der Waals surface area contributed by atoms with E-state index in [9.17, 15) is 5.21 Å². The molecule has 1 N–H and O–H groups in total. The van der Waals surface area contributed by atoms with Crippen molar-refractivity contribution < 1.29 is 9.94 Å². The number of aryl methyl sites for hydroxylation is 1. The third-order valence-electron chi connectivity index (χ3n) is 2.78. The molecule has 4 nitrogen and oxygen atoms in total. The molecule has 4 heteroatoms. The van der Waals surface area contributed by atoms with Gasteiger partial charge in [-0.3, -0.25) is 5.21 Å². The van der Waals surface area contributed by atoms with E-state index < -0.39 is 0 Å². The second kappa shape index (κ2) is 4.63. The summed E-state index contributed by atoms with van der Waals surface area (Å²) in [6.45, 7) is 1.90. The predicted octanol–water partition coefficient (Wildman–Crippen LogP) is 1.93. The van der Waals surface area contributed by atoms with Gasteiger partial charge in [-0.05, 0) is 25.5 Å². The molecule has 0 radical (unpaired) electrons. The zero-order chi connectivity index (χ0) is 11.5. The Bertz CT molecular complexity index is 392. The Morgan fingerprint density at radius 1 is 1.50 bits per heavy atom. The van der Waals surface area contributed by atoms with Gasteiger partial charge in [0, 0.05) is 12.8 Å². The van der Waals surface area contributed by atoms with Crippen molar-refractivity contribution in [2.45, 2.75) is 25.5 Å². The standard InChI is InChI=1S/C12H16N2O2/c1-9-5-3-8-12(13-9)14(15)10-6-4-7-11(10)16-2/h3-5,7-8,10-11,15H,6H2,1-2H3/t10-,11-/m1/s1. The van der Waals surface area contributed by atoms with Crippen LogP contribution in [0.3, 0.4) is 0 Å². The Balaban J connectivity index is 2.16. The normalized spacial score (nSPS) is 23.7. The number of hydrogen-bond acceptors (Lipinski definition) is 4. The lowest BCUT2D eigenvalue weighted by atomic mass is 10.2. The summed E-state index contributed by atoms with van der Waals surface area (Å²) in [5.41, 5.74) is 0.886. The van der Waals surface area contributed by atoms with Crippen LogP contribution in [0, 0.1) is 6.92 Å². The molecule has 1 aliphatic carbocycles. The number of anilines is 1. The minimum absolute atomic E-state index is 0.0766. The topological polar surface area (TPSA) is 45.6 Å². The molecule has 1 heterocycles. The van der Waals surface area contributed by atoms with Gasteiger partial charge in [-0.25, -0.2) is 10.0 Å². The largest absolute Gasteiger partial charge is 0.375 e. The highest BCUT2D eigenvalue weighted by molar-refractivity contribution is 5.38. The number of hydroxylamine groups is 1. The average Bonchev–Trinajstić information content (AvgIpc) is 2.76. The lowest BCUT2D eigenvalue weighted by Crippen LogP contribution is -2.39. The first kappa shape index (κ1) is 11.1. The van der Waals surface area contributed by atoms with E-state index in [4.69, 9.17) is 4.74 Å². The molecule has 0 amide bonds. The molecule has 0 fully saturated rings. The van der Waals surface area contributed by atoms with Gasteiger partial charge in [0.1, 0.15) is 0 Å². The van der Waals surface area contributed by atoms with E-state index >= 15 is 0 Å². The summed E-state index contributed by atoms with van der Waals surface area (Å²) < 4.78 is 5.28. The van der Waals surface area contributed by atoms with Crippen molar-refractivity contribution in [3.8, 4) is 0 Å². The second-order valence-corrected chi connectivity index (χ2v) is 3.91. The molecule has 0 aromatic carbocycles. The molecule has 0 bridgehead atoms. The van der Waals surface area contributed by atoms with Gasteiger partial charge in [0.25, 0.3) is 0 Å². The van der Waals surface area contributed by atoms with Gasteiger partial charge < -0.3 is 4.74 Å². The monoisotopic (exact) mass is 220 g/mol. The fourth-order valence-electron chi connectivity index (χ4n) is 1.92. The fourth-order valence-corrected chi connectivity index (χ4v) is 1.92. The Kier molecular flexibility index (Phi) is 3.22. The van der Waals surface area contributed by atoms with E-state index in [-0.39, 0.29) is 12.1 Å². The van der Waals surface area contributed by atoms with E-state index in [0.29, 0.717) is 5.82 Å². The molecule has 0 aliphatic heterocycles. The van der Waals surface area contributed by atoms with Crippen LogP contribution in [0.25, 0.3) is 0 Å². The lowest BCUT2D eigenvalue weighted by Gasteiger charge is -2.27. The zero-order valence-electron chi connectivity index (χ0n) is 9.50. The highest BCUT2D eigenvalue weighted by Crippen LogP contribution is 2.23. The van der Waals surface area contributed by atoms with Crippen molar-refractivity contribution in [1.29, 1.82) is 0 Å². The molecule has 1 aromatic heterocycles. The van der Waals surface area contributed by atoms with Crippen LogP contribution in [0.1, 0.15) is 12.1 Å². The Morgan fingerprint density at radius 2 is 2.31 bits per heavy atom. The molecule has 0 spiro atoms. The zero-order valence-corrected chi connectivity index (χ0v) is 9.50. The van der Waals surface area contributed by atoms with Crippen LogP contribution in [0.5, 0.6) is 0 Å². The van der Waals surface area contributed by atoms with Crippen LogP contribution in [-0.2, 0) is 4.74 Å². The first-order valence-electron chi connectivity index (χ1n) is 5.33. The molecular formula is C12H16N2O2.